The highest BCUT2D eigenvalue weighted by Crippen LogP contribution is 2.46. The van der Waals surface area contributed by atoms with Crippen LogP contribution >= 0.6 is 0 Å². The molecule has 0 aromatic heterocycles. The van der Waals surface area contributed by atoms with E-state index in [1.54, 1.807) is 0 Å². The van der Waals surface area contributed by atoms with Crippen molar-refractivity contribution in [3.63, 3.8) is 0 Å². The maximum Gasteiger partial charge on any atom is 0.416 e. The van der Waals surface area contributed by atoms with Gasteiger partial charge in [0, 0.05) is 18.8 Å². The lowest BCUT2D eigenvalue weighted by atomic mass is 9.88. The Bertz CT molecular complexity index is 2400. The van der Waals surface area contributed by atoms with Crippen molar-refractivity contribution in [1.29, 1.82) is 0 Å². The van der Waals surface area contributed by atoms with Crippen LogP contribution in [-0.4, -0.2) is 10.9 Å². The first-order valence-electron chi connectivity index (χ1n) is 17.7. The van der Waals surface area contributed by atoms with Crippen molar-refractivity contribution in [2.24, 2.45) is 0 Å². The third-order valence-electron chi connectivity index (χ3n) is 10.2. The lowest BCUT2D eigenvalue weighted by molar-refractivity contribution is -0.143. The molecule has 1 aliphatic heterocycles. The minimum atomic E-state index is -5.07. The van der Waals surface area contributed by atoms with Gasteiger partial charge in [-0.15, -0.1) is 0 Å². The normalized spacial score (nSPS) is 14.4. The zero-order valence-electron chi connectivity index (χ0n) is 29.1. The predicted octanol–water partition coefficient (Wildman–Crippen LogP) is 12.3. The molecule has 0 unspecified atom stereocenters. The quantitative estimate of drug-likeness (QED) is 0.167. The largest absolute Gasteiger partial charge is 0.416 e. The van der Waals surface area contributed by atoms with Crippen LogP contribution in [0.2, 0.25) is 0 Å². The van der Waals surface area contributed by atoms with Crippen molar-refractivity contribution < 1.29 is 31.1 Å². The molecule has 1 heterocycles. The Kier molecular flexibility index (Phi) is 9.30. The van der Waals surface area contributed by atoms with E-state index in [0.29, 0.717) is 30.8 Å². The molecule has 8 rings (SSSR count). The molecule has 0 bridgehead atoms. The standard InChI is InChI=1S/C45H33F6N3O/c46-44(47,48)34-23-35(45(49,50)51)25-36(24-34)52-43(55)53-41(30-13-3-1-4-14-30)42(31-15-5-2-6-16-31)54-26-32-21-19-28-11-7-9-17-37(28)39(32)40-33(27-54)22-20-29-12-8-10-18-38(29)40/h1-25,41-42H,26-27H2,(H2,52,53,55)/t41-,42-/m0/s1. The number of fused-ring (bicyclic) bond motifs is 7. The zero-order chi connectivity index (χ0) is 38.3. The van der Waals surface area contributed by atoms with Crippen molar-refractivity contribution in [1.82, 2.24) is 10.2 Å². The number of carbonyl (C=O) groups excluding carboxylic acids is 1. The molecule has 2 N–H and O–H groups in total. The molecule has 55 heavy (non-hydrogen) atoms. The minimum absolute atomic E-state index is 0.0305. The Balaban J connectivity index is 1.26. The lowest BCUT2D eigenvalue weighted by Gasteiger charge is -2.38. The van der Waals surface area contributed by atoms with Gasteiger partial charge in [0.05, 0.1) is 23.2 Å². The molecule has 276 valence electrons. The van der Waals surface area contributed by atoms with Gasteiger partial charge in [-0.25, -0.2) is 4.79 Å². The van der Waals surface area contributed by atoms with Crippen molar-refractivity contribution in [3.8, 4) is 11.1 Å². The molecular formula is C45H33F6N3O. The fraction of sp³-hybridized carbons (Fsp3) is 0.133. The zero-order valence-corrected chi connectivity index (χ0v) is 29.1. The lowest BCUT2D eigenvalue weighted by Crippen LogP contribution is -2.42. The highest BCUT2D eigenvalue weighted by Gasteiger charge is 2.38. The van der Waals surface area contributed by atoms with Crippen LogP contribution in [0.3, 0.4) is 0 Å². The average Bonchev–Trinajstić information content (AvgIpc) is 3.35. The Morgan fingerprint density at radius 2 is 1.00 bits per heavy atom. The van der Waals surface area contributed by atoms with Crippen LogP contribution in [0.4, 0.5) is 36.8 Å². The van der Waals surface area contributed by atoms with Crippen molar-refractivity contribution in [2.45, 2.75) is 37.5 Å². The average molecular weight is 746 g/mol. The molecule has 2 amide bonds. The van der Waals surface area contributed by atoms with Crippen LogP contribution in [0.1, 0.15) is 45.5 Å². The van der Waals surface area contributed by atoms with Gasteiger partial charge < -0.3 is 10.6 Å². The molecule has 2 atom stereocenters. The summed E-state index contributed by atoms with van der Waals surface area (Å²) in [5.74, 6) is 0. The number of hydrogen-bond donors (Lipinski definition) is 2. The van der Waals surface area contributed by atoms with E-state index in [4.69, 9.17) is 0 Å². The molecule has 4 nitrogen and oxygen atoms in total. The summed E-state index contributed by atoms with van der Waals surface area (Å²) in [6.45, 7) is 0.913. The van der Waals surface area contributed by atoms with Crippen LogP contribution in [-0.2, 0) is 25.4 Å². The van der Waals surface area contributed by atoms with E-state index in [1.165, 1.54) is 0 Å². The summed E-state index contributed by atoms with van der Waals surface area (Å²) in [6.07, 6.45) is -10.1. The van der Waals surface area contributed by atoms with Crippen LogP contribution in [0.15, 0.2) is 152 Å². The maximum absolute atomic E-state index is 13.9. The Morgan fingerprint density at radius 3 is 1.49 bits per heavy atom. The molecular weight excluding hydrogens is 713 g/mol. The number of hydrogen-bond acceptors (Lipinski definition) is 2. The van der Waals surface area contributed by atoms with Gasteiger partial charge in [-0.1, -0.05) is 133 Å². The summed E-state index contributed by atoms with van der Waals surface area (Å²) < 4.78 is 82.3. The predicted molar refractivity (Wildman–Crippen MR) is 203 cm³/mol. The summed E-state index contributed by atoms with van der Waals surface area (Å²) in [5, 5.41) is 9.66. The first-order chi connectivity index (χ1) is 26.4. The maximum atomic E-state index is 13.9. The van der Waals surface area contributed by atoms with Crippen LogP contribution < -0.4 is 10.6 Å². The second-order valence-electron chi connectivity index (χ2n) is 13.7. The number of urea groups is 1. The van der Waals surface area contributed by atoms with E-state index in [-0.39, 0.29) is 6.07 Å². The van der Waals surface area contributed by atoms with Crippen LogP contribution in [0.25, 0.3) is 32.7 Å². The molecule has 0 spiro atoms. The first kappa shape index (κ1) is 35.9. The second-order valence-corrected chi connectivity index (χ2v) is 13.7. The Hall–Kier alpha value is -6.13. The van der Waals surface area contributed by atoms with Crippen LogP contribution in [0, 0.1) is 0 Å². The first-order valence-corrected chi connectivity index (χ1v) is 17.7. The minimum Gasteiger partial charge on any atom is -0.329 e. The SMILES string of the molecule is O=C(Nc1cc(C(F)(F)F)cc(C(F)(F)F)c1)N[C@@H](c1ccccc1)[C@H](c1ccccc1)N1Cc2ccc3ccccc3c2-c2c(ccc3ccccc23)C1. The number of alkyl halides is 6. The second kappa shape index (κ2) is 14.3. The third-order valence-corrected chi connectivity index (χ3v) is 10.2. The van der Waals surface area contributed by atoms with Gasteiger partial charge in [-0.2, -0.15) is 26.3 Å². The van der Waals surface area contributed by atoms with Gasteiger partial charge in [-0.3, -0.25) is 4.90 Å². The molecule has 0 fully saturated rings. The fourth-order valence-electron chi connectivity index (χ4n) is 7.78. The molecule has 0 saturated carbocycles. The Morgan fingerprint density at radius 1 is 0.545 bits per heavy atom. The number of benzene rings is 7. The topological polar surface area (TPSA) is 44.4 Å². The summed E-state index contributed by atoms with van der Waals surface area (Å²) in [4.78, 5) is 16.2. The number of carbonyl (C=O) groups is 1. The molecule has 0 aliphatic carbocycles. The van der Waals surface area contributed by atoms with E-state index < -0.39 is 47.3 Å². The van der Waals surface area contributed by atoms with Crippen LogP contribution in [0.5, 0.6) is 0 Å². The van der Waals surface area contributed by atoms with Crippen molar-refractivity contribution >= 4 is 33.3 Å². The highest BCUT2D eigenvalue weighted by molar-refractivity contribution is 6.08. The summed E-state index contributed by atoms with van der Waals surface area (Å²) in [7, 11) is 0. The number of nitrogens with zero attached hydrogens (tertiary/aromatic N) is 1. The number of anilines is 1. The summed E-state index contributed by atoms with van der Waals surface area (Å²) in [5.41, 5.74) is 2.21. The van der Waals surface area contributed by atoms with E-state index in [2.05, 4.69) is 64.1 Å². The molecule has 7 aromatic rings. The molecule has 10 heteroatoms. The van der Waals surface area contributed by atoms with Gasteiger partial charge >= 0.3 is 18.4 Å². The van der Waals surface area contributed by atoms with E-state index in [0.717, 1.165) is 49.4 Å². The monoisotopic (exact) mass is 745 g/mol. The Labute approximate surface area is 313 Å². The van der Waals surface area contributed by atoms with Gasteiger partial charge in [0.25, 0.3) is 0 Å². The molecule has 7 aromatic carbocycles. The summed E-state index contributed by atoms with van der Waals surface area (Å²) in [6, 6.07) is 42.4. The molecule has 0 saturated heterocycles. The smallest absolute Gasteiger partial charge is 0.329 e. The highest BCUT2D eigenvalue weighted by atomic mass is 19.4. The van der Waals surface area contributed by atoms with Gasteiger partial charge in [-0.05, 0) is 73.1 Å². The third kappa shape index (κ3) is 7.25. The van der Waals surface area contributed by atoms with Crippen molar-refractivity contribution in [2.75, 3.05) is 5.32 Å². The van der Waals surface area contributed by atoms with E-state index in [1.807, 2.05) is 84.9 Å². The fourth-order valence-corrected chi connectivity index (χ4v) is 7.78. The van der Waals surface area contributed by atoms with Gasteiger partial charge in [0.2, 0.25) is 0 Å². The number of nitrogens with one attached hydrogen (secondary N) is 2. The van der Waals surface area contributed by atoms with E-state index in [9.17, 15) is 31.1 Å². The summed E-state index contributed by atoms with van der Waals surface area (Å²) >= 11 is 0. The van der Waals surface area contributed by atoms with Gasteiger partial charge in [0.1, 0.15) is 0 Å². The number of rotatable bonds is 6. The molecule has 0 radical (unpaired) electrons. The molecule has 1 aliphatic rings. The van der Waals surface area contributed by atoms with Gasteiger partial charge in [0.15, 0.2) is 0 Å². The number of amides is 2. The van der Waals surface area contributed by atoms with Crippen molar-refractivity contribution in [3.05, 3.63) is 185 Å². The van der Waals surface area contributed by atoms with E-state index >= 15 is 0 Å². The number of halogens is 6.